The van der Waals surface area contributed by atoms with Gasteiger partial charge in [-0.15, -0.1) is 10.2 Å². The van der Waals surface area contributed by atoms with Gasteiger partial charge in [-0.25, -0.2) is 0 Å². The fourth-order valence-corrected chi connectivity index (χ4v) is 4.46. The molecule has 2 aromatic carbocycles. The molecule has 178 valence electrons. The highest BCUT2D eigenvalue weighted by molar-refractivity contribution is 7.18. The maximum Gasteiger partial charge on any atom is 0.257 e. The lowest BCUT2D eigenvalue weighted by molar-refractivity contribution is -0.118. The Kier molecular flexibility index (Phi) is 7.96. The summed E-state index contributed by atoms with van der Waals surface area (Å²) >= 11 is 1.31. The second-order valence-electron chi connectivity index (χ2n) is 7.92. The second kappa shape index (κ2) is 11.3. The Bertz CT molecular complexity index is 1160. The number of nitrogens with one attached hydrogen (secondary N) is 2. The van der Waals surface area contributed by atoms with E-state index in [9.17, 15) is 9.59 Å². The fraction of sp³-hybridized carbons (Fsp3) is 0.333. The summed E-state index contributed by atoms with van der Waals surface area (Å²) in [6, 6.07) is 13.0. The molecule has 2 N–H and O–H groups in total. The van der Waals surface area contributed by atoms with Crippen LogP contribution in [0.25, 0.3) is 10.6 Å². The number of aryl methyl sites for hydroxylation is 1. The lowest BCUT2D eigenvalue weighted by Gasteiger charge is -2.26. The van der Waals surface area contributed by atoms with E-state index in [0.29, 0.717) is 49.3 Å². The van der Waals surface area contributed by atoms with Crippen LogP contribution in [0.1, 0.15) is 21.5 Å². The number of methoxy groups -OCH3 is 1. The van der Waals surface area contributed by atoms with Crippen molar-refractivity contribution in [2.75, 3.05) is 50.6 Å². The van der Waals surface area contributed by atoms with E-state index < -0.39 is 0 Å². The molecule has 0 saturated carbocycles. The summed E-state index contributed by atoms with van der Waals surface area (Å²) in [5, 5.41) is 15.2. The van der Waals surface area contributed by atoms with Gasteiger partial charge < -0.3 is 14.8 Å². The summed E-state index contributed by atoms with van der Waals surface area (Å²) in [7, 11) is 1.58. The summed E-state index contributed by atoms with van der Waals surface area (Å²) in [5.41, 5.74) is 3.80. The molecule has 9 nitrogen and oxygen atoms in total. The van der Waals surface area contributed by atoms with Crippen LogP contribution in [0.4, 0.5) is 10.8 Å². The first-order chi connectivity index (χ1) is 16.5. The minimum Gasteiger partial charge on any atom is -0.380 e. The van der Waals surface area contributed by atoms with Crippen molar-refractivity contribution in [2.24, 2.45) is 0 Å². The lowest BCUT2D eigenvalue weighted by atomic mass is 10.1. The standard InChI is InChI=1S/C24H27N5O4S/c1-16-5-3-4-6-19(16)23-27-28-24(34-23)26-22(31)17-7-8-18(15-32-2)20(13-17)25-21(30)14-29-9-11-33-12-10-29/h3-8,13H,9-12,14-15H2,1-2H3,(H,25,30)(H,26,28,31). The summed E-state index contributed by atoms with van der Waals surface area (Å²) in [5.74, 6) is -0.482. The van der Waals surface area contributed by atoms with Gasteiger partial charge in [0.1, 0.15) is 5.01 Å². The van der Waals surface area contributed by atoms with Gasteiger partial charge in [0.15, 0.2) is 0 Å². The zero-order chi connectivity index (χ0) is 23.9. The topological polar surface area (TPSA) is 106 Å². The van der Waals surface area contributed by atoms with E-state index in [4.69, 9.17) is 9.47 Å². The molecule has 4 rings (SSSR count). The molecule has 34 heavy (non-hydrogen) atoms. The molecule has 0 aliphatic carbocycles. The Morgan fingerprint density at radius 1 is 1.12 bits per heavy atom. The number of carbonyl (C=O) groups excluding carboxylic acids is 2. The monoisotopic (exact) mass is 481 g/mol. The molecule has 1 aromatic heterocycles. The number of benzene rings is 2. The van der Waals surface area contributed by atoms with Crippen LogP contribution >= 0.6 is 11.3 Å². The zero-order valence-electron chi connectivity index (χ0n) is 19.2. The van der Waals surface area contributed by atoms with Crippen LogP contribution in [0.3, 0.4) is 0 Å². The molecule has 1 fully saturated rings. The zero-order valence-corrected chi connectivity index (χ0v) is 20.0. The predicted molar refractivity (Wildman–Crippen MR) is 131 cm³/mol. The molecule has 1 saturated heterocycles. The van der Waals surface area contributed by atoms with Gasteiger partial charge in [0.2, 0.25) is 11.0 Å². The van der Waals surface area contributed by atoms with Crippen molar-refractivity contribution in [1.29, 1.82) is 0 Å². The summed E-state index contributed by atoms with van der Waals surface area (Å²) in [4.78, 5) is 27.6. The normalized spacial score (nSPS) is 14.1. The summed E-state index contributed by atoms with van der Waals surface area (Å²) in [6.07, 6.45) is 0. The van der Waals surface area contributed by atoms with E-state index in [2.05, 4.69) is 20.8 Å². The average molecular weight is 482 g/mol. The number of morpholine rings is 1. The maximum absolute atomic E-state index is 12.9. The molecule has 0 unspecified atom stereocenters. The van der Waals surface area contributed by atoms with Crippen LogP contribution in [0.2, 0.25) is 0 Å². The van der Waals surface area contributed by atoms with Gasteiger partial charge in [-0.05, 0) is 24.6 Å². The Balaban J connectivity index is 1.46. The number of anilines is 2. The van der Waals surface area contributed by atoms with Gasteiger partial charge in [-0.2, -0.15) is 0 Å². The molecule has 1 aliphatic heterocycles. The number of aromatic nitrogens is 2. The highest BCUT2D eigenvalue weighted by atomic mass is 32.1. The highest BCUT2D eigenvalue weighted by Crippen LogP contribution is 2.29. The largest absolute Gasteiger partial charge is 0.380 e. The molecule has 1 aliphatic rings. The molecule has 0 atom stereocenters. The first kappa shape index (κ1) is 24.0. The molecule has 2 amide bonds. The average Bonchev–Trinajstić information content (AvgIpc) is 3.29. The van der Waals surface area contributed by atoms with Crippen molar-refractivity contribution in [2.45, 2.75) is 13.5 Å². The van der Waals surface area contributed by atoms with Crippen molar-refractivity contribution in [3.05, 3.63) is 59.2 Å². The lowest BCUT2D eigenvalue weighted by Crippen LogP contribution is -2.41. The van der Waals surface area contributed by atoms with E-state index in [1.54, 1.807) is 25.3 Å². The number of rotatable bonds is 8. The van der Waals surface area contributed by atoms with Gasteiger partial charge >= 0.3 is 0 Å². The summed E-state index contributed by atoms with van der Waals surface area (Å²) in [6.45, 7) is 5.25. The van der Waals surface area contributed by atoms with Crippen molar-refractivity contribution in [3.8, 4) is 10.6 Å². The van der Waals surface area contributed by atoms with E-state index in [0.717, 1.165) is 21.7 Å². The van der Waals surface area contributed by atoms with Crippen molar-refractivity contribution >= 4 is 34.0 Å². The molecule has 2 heterocycles. The molecule has 3 aromatic rings. The molecular weight excluding hydrogens is 454 g/mol. The van der Waals surface area contributed by atoms with Gasteiger partial charge in [0.05, 0.1) is 26.4 Å². The smallest absolute Gasteiger partial charge is 0.257 e. The Hall–Kier alpha value is -3.18. The third-order valence-electron chi connectivity index (χ3n) is 5.44. The number of hydrogen-bond donors (Lipinski definition) is 2. The number of amides is 2. The van der Waals surface area contributed by atoms with Crippen LogP contribution in [-0.4, -0.2) is 66.9 Å². The van der Waals surface area contributed by atoms with Gasteiger partial charge in [0, 0.05) is 42.6 Å². The van der Waals surface area contributed by atoms with Gasteiger partial charge in [0.25, 0.3) is 5.91 Å². The fourth-order valence-electron chi connectivity index (χ4n) is 3.63. The van der Waals surface area contributed by atoms with Crippen molar-refractivity contribution < 1.29 is 19.1 Å². The number of ether oxygens (including phenoxy) is 2. The van der Waals surface area contributed by atoms with Gasteiger partial charge in [-0.1, -0.05) is 41.7 Å². The number of hydrogen-bond acceptors (Lipinski definition) is 8. The molecule has 0 radical (unpaired) electrons. The molecule has 0 spiro atoms. The predicted octanol–water partition coefficient (Wildman–Crippen LogP) is 3.18. The van der Waals surface area contributed by atoms with E-state index >= 15 is 0 Å². The number of carbonyl (C=O) groups is 2. The van der Waals surface area contributed by atoms with E-state index in [-0.39, 0.29) is 18.4 Å². The molecular formula is C24H27N5O4S. The first-order valence-electron chi connectivity index (χ1n) is 11.0. The summed E-state index contributed by atoms with van der Waals surface area (Å²) < 4.78 is 10.6. The molecule has 10 heteroatoms. The number of nitrogens with zero attached hydrogens (tertiary/aromatic N) is 3. The van der Waals surface area contributed by atoms with E-state index in [1.165, 1.54) is 11.3 Å². The minimum absolute atomic E-state index is 0.149. The van der Waals surface area contributed by atoms with Crippen LogP contribution < -0.4 is 10.6 Å². The van der Waals surface area contributed by atoms with Crippen LogP contribution in [0.15, 0.2) is 42.5 Å². The third kappa shape index (κ3) is 6.03. The van der Waals surface area contributed by atoms with Crippen molar-refractivity contribution in [1.82, 2.24) is 15.1 Å². The Labute approximate surface area is 202 Å². The second-order valence-corrected chi connectivity index (χ2v) is 8.90. The quantitative estimate of drug-likeness (QED) is 0.509. The van der Waals surface area contributed by atoms with Crippen LogP contribution in [0, 0.1) is 6.92 Å². The first-order valence-corrected chi connectivity index (χ1v) is 11.8. The van der Waals surface area contributed by atoms with E-state index in [1.807, 2.05) is 36.1 Å². The Morgan fingerprint density at radius 3 is 2.68 bits per heavy atom. The van der Waals surface area contributed by atoms with Crippen LogP contribution in [0.5, 0.6) is 0 Å². The maximum atomic E-state index is 12.9. The third-order valence-corrected chi connectivity index (χ3v) is 6.31. The molecule has 0 bridgehead atoms. The van der Waals surface area contributed by atoms with Crippen LogP contribution in [-0.2, 0) is 20.9 Å². The minimum atomic E-state index is -0.333. The SMILES string of the molecule is COCc1ccc(C(=O)Nc2nnc(-c3ccccc3C)s2)cc1NC(=O)CN1CCOCC1. The van der Waals surface area contributed by atoms with Gasteiger partial charge in [-0.3, -0.25) is 19.8 Å². The highest BCUT2D eigenvalue weighted by Gasteiger charge is 2.17. The Morgan fingerprint density at radius 2 is 1.91 bits per heavy atom. The van der Waals surface area contributed by atoms with Crippen molar-refractivity contribution in [3.63, 3.8) is 0 Å².